The van der Waals surface area contributed by atoms with Crippen LogP contribution in [-0.4, -0.2) is 18.9 Å². The van der Waals surface area contributed by atoms with Gasteiger partial charge in [0.15, 0.2) is 0 Å². The molecule has 7 heavy (non-hydrogen) atoms. The van der Waals surface area contributed by atoms with Crippen molar-refractivity contribution in [1.29, 1.82) is 0 Å². The molecule has 0 saturated carbocycles. The van der Waals surface area contributed by atoms with E-state index >= 15 is 0 Å². The van der Waals surface area contributed by atoms with Gasteiger partial charge in [0.2, 0.25) is 0 Å². The number of halogens is 1. The normalized spacial score (nSPS) is 7.57. The molecule has 0 aliphatic heterocycles. The molecule has 0 aliphatic rings. The number of hydrogen-bond donors (Lipinski definition) is 0. The van der Waals surface area contributed by atoms with Gasteiger partial charge in [-0.1, -0.05) is 11.6 Å². The monoisotopic (exact) mass is 126 g/mol. The molecule has 0 radical (unpaired) electrons. The Morgan fingerprint density at radius 1 is 1.57 bits per heavy atom. The summed E-state index contributed by atoms with van der Waals surface area (Å²) < 4.78 is 0.856. The third-order valence-electron chi connectivity index (χ3n) is 0.486. The molecule has 0 nitrogen and oxygen atoms in total. The molecule has 1 aromatic heterocycles. The van der Waals surface area contributed by atoms with Gasteiger partial charge in [0.1, 0.15) is 0 Å². The molecule has 0 spiro atoms. The standard InChI is InChI=1S/C4H3ClS.Li.H/c5-4-2-1-3-6-4;;/h1-3H;;. The number of hydrogen-bond acceptors (Lipinski definition) is 1. The van der Waals surface area contributed by atoms with Crippen LogP contribution in [-0.2, 0) is 0 Å². The summed E-state index contributed by atoms with van der Waals surface area (Å²) in [5.74, 6) is 0. The van der Waals surface area contributed by atoms with Gasteiger partial charge in [0, 0.05) is 0 Å². The minimum absolute atomic E-state index is 0. The molecular formula is C4H4ClLiS. The maximum absolute atomic E-state index is 5.47. The summed E-state index contributed by atoms with van der Waals surface area (Å²) in [5, 5.41) is 1.95. The van der Waals surface area contributed by atoms with E-state index in [1.807, 2.05) is 17.5 Å². The van der Waals surface area contributed by atoms with Crippen LogP contribution < -0.4 is 0 Å². The van der Waals surface area contributed by atoms with Gasteiger partial charge >= 0.3 is 18.9 Å². The van der Waals surface area contributed by atoms with Crippen molar-refractivity contribution >= 4 is 41.8 Å². The third-order valence-corrected chi connectivity index (χ3v) is 1.53. The first-order valence-corrected chi connectivity index (χ1v) is 2.84. The van der Waals surface area contributed by atoms with Crippen molar-refractivity contribution in [2.75, 3.05) is 0 Å². The fraction of sp³-hybridized carbons (Fsp3) is 0. The minimum atomic E-state index is 0. The molecule has 3 heteroatoms. The molecule has 0 saturated heterocycles. The van der Waals surface area contributed by atoms with Crippen molar-refractivity contribution in [3.63, 3.8) is 0 Å². The van der Waals surface area contributed by atoms with E-state index in [0.717, 1.165) is 4.34 Å². The second-order valence-electron chi connectivity index (χ2n) is 0.917. The van der Waals surface area contributed by atoms with Crippen LogP contribution in [0.1, 0.15) is 0 Å². The first kappa shape index (κ1) is 7.59. The second-order valence-corrected chi connectivity index (χ2v) is 2.50. The molecule has 0 aromatic carbocycles. The Labute approximate surface area is 63.7 Å². The molecule has 0 atom stereocenters. The van der Waals surface area contributed by atoms with Crippen LogP contribution in [0.3, 0.4) is 0 Å². The Balaban J connectivity index is 0.000000360. The van der Waals surface area contributed by atoms with Crippen molar-refractivity contribution in [2.45, 2.75) is 0 Å². The van der Waals surface area contributed by atoms with Gasteiger partial charge in [-0.05, 0) is 17.5 Å². The summed E-state index contributed by atoms with van der Waals surface area (Å²) in [5.41, 5.74) is 0. The summed E-state index contributed by atoms with van der Waals surface area (Å²) in [6, 6.07) is 3.79. The van der Waals surface area contributed by atoms with E-state index < -0.39 is 0 Å². The molecule has 1 aromatic rings. The Bertz CT molecular complexity index is 115. The van der Waals surface area contributed by atoms with E-state index in [-0.39, 0.29) is 18.9 Å². The van der Waals surface area contributed by atoms with E-state index in [1.165, 1.54) is 0 Å². The maximum atomic E-state index is 5.47. The Morgan fingerprint density at radius 2 is 2.29 bits per heavy atom. The fourth-order valence-corrected chi connectivity index (χ4v) is 0.930. The molecule has 0 fully saturated rings. The first-order chi connectivity index (χ1) is 2.89. The van der Waals surface area contributed by atoms with Crippen molar-refractivity contribution in [1.82, 2.24) is 0 Å². The predicted molar refractivity (Wildman–Crippen MR) is 36.5 cm³/mol. The average molecular weight is 127 g/mol. The predicted octanol–water partition coefficient (Wildman–Crippen LogP) is 1.75. The number of rotatable bonds is 0. The Morgan fingerprint density at radius 3 is 2.43 bits per heavy atom. The van der Waals surface area contributed by atoms with Gasteiger partial charge < -0.3 is 0 Å². The van der Waals surface area contributed by atoms with Crippen molar-refractivity contribution in [3.8, 4) is 0 Å². The molecule has 0 bridgehead atoms. The molecule has 0 unspecified atom stereocenters. The van der Waals surface area contributed by atoms with Gasteiger partial charge in [0.05, 0.1) is 4.34 Å². The Hall–Kier alpha value is 0.587. The first-order valence-electron chi connectivity index (χ1n) is 1.58. The van der Waals surface area contributed by atoms with Crippen molar-refractivity contribution in [3.05, 3.63) is 21.8 Å². The molecule has 34 valence electrons. The summed E-state index contributed by atoms with van der Waals surface area (Å²) in [7, 11) is 0. The van der Waals surface area contributed by atoms with Gasteiger partial charge in [-0.2, -0.15) is 0 Å². The molecule has 1 rings (SSSR count). The molecule has 1 heterocycles. The van der Waals surface area contributed by atoms with Crippen molar-refractivity contribution < 1.29 is 0 Å². The third kappa shape index (κ3) is 2.41. The summed E-state index contributed by atoms with van der Waals surface area (Å²) in [6.07, 6.45) is 0. The molecular weight excluding hydrogens is 123 g/mol. The quantitative estimate of drug-likeness (QED) is 0.465. The van der Waals surface area contributed by atoms with Crippen LogP contribution in [0.25, 0.3) is 0 Å². The topological polar surface area (TPSA) is 0 Å². The van der Waals surface area contributed by atoms with E-state index in [0.29, 0.717) is 0 Å². The average Bonchev–Trinajstić information content (AvgIpc) is 1.86. The SMILES string of the molecule is Clc1cccs1.[LiH]. The molecule has 0 N–H and O–H groups in total. The van der Waals surface area contributed by atoms with Crippen LogP contribution in [0.2, 0.25) is 4.34 Å². The van der Waals surface area contributed by atoms with Gasteiger partial charge in [0.25, 0.3) is 0 Å². The van der Waals surface area contributed by atoms with Gasteiger partial charge in [-0.3, -0.25) is 0 Å². The van der Waals surface area contributed by atoms with E-state index in [9.17, 15) is 0 Å². The fourth-order valence-electron chi connectivity index (χ4n) is 0.259. The number of thiophene rings is 1. The van der Waals surface area contributed by atoms with Crippen molar-refractivity contribution in [2.24, 2.45) is 0 Å². The van der Waals surface area contributed by atoms with Crippen LogP contribution in [0.15, 0.2) is 17.5 Å². The Kier molecular flexibility index (Phi) is 3.87. The summed E-state index contributed by atoms with van der Waals surface area (Å²) in [6.45, 7) is 0. The van der Waals surface area contributed by atoms with Crippen LogP contribution in [0.5, 0.6) is 0 Å². The zero-order chi connectivity index (χ0) is 4.41. The van der Waals surface area contributed by atoms with E-state index in [1.54, 1.807) is 11.3 Å². The second kappa shape index (κ2) is 3.57. The van der Waals surface area contributed by atoms with Crippen LogP contribution in [0.4, 0.5) is 0 Å². The van der Waals surface area contributed by atoms with Crippen LogP contribution >= 0.6 is 22.9 Å². The summed E-state index contributed by atoms with van der Waals surface area (Å²) >= 11 is 7.02. The van der Waals surface area contributed by atoms with E-state index in [4.69, 9.17) is 11.6 Å². The zero-order valence-corrected chi connectivity index (χ0v) is 4.59. The zero-order valence-electron chi connectivity index (χ0n) is 3.02. The van der Waals surface area contributed by atoms with Crippen LogP contribution in [0, 0.1) is 0 Å². The van der Waals surface area contributed by atoms with E-state index in [2.05, 4.69) is 0 Å². The molecule has 0 aliphatic carbocycles. The van der Waals surface area contributed by atoms with Gasteiger partial charge in [-0.25, -0.2) is 0 Å². The summed E-state index contributed by atoms with van der Waals surface area (Å²) in [4.78, 5) is 0. The molecule has 0 amide bonds. The van der Waals surface area contributed by atoms with Gasteiger partial charge in [-0.15, -0.1) is 11.3 Å².